The maximum Gasteiger partial charge on any atom is 0.255 e. The van der Waals surface area contributed by atoms with E-state index in [1.165, 1.54) is 23.9 Å². The van der Waals surface area contributed by atoms with Gasteiger partial charge < -0.3 is 11.1 Å². The maximum absolute atomic E-state index is 12.3. The van der Waals surface area contributed by atoms with E-state index in [1.54, 1.807) is 12.1 Å². The van der Waals surface area contributed by atoms with Crippen LogP contribution in [0.25, 0.3) is 0 Å². The molecule has 0 atom stereocenters. The van der Waals surface area contributed by atoms with Crippen molar-refractivity contribution in [3.63, 3.8) is 0 Å². The Labute approximate surface area is 161 Å². The van der Waals surface area contributed by atoms with Gasteiger partial charge in [0.05, 0.1) is 0 Å². The third-order valence-corrected chi connectivity index (χ3v) is 4.59. The fourth-order valence-corrected chi connectivity index (χ4v) is 3.30. The smallest absolute Gasteiger partial charge is 0.255 e. The van der Waals surface area contributed by atoms with E-state index >= 15 is 0 Å². The van der Waals surface area contributed by atoms with Gasteiger partial charge in [-0.15, -0.1) is 0 Å². The topological polar surface area (TPSA) is 98.0 Å². The van der Waals surface area contributed by atoms with Crippen LogP contribution in [0.4, 0.5) is 5.69 Å². The molecular formula is C20H18N4O2S. The van der Waals surface area contributed by atoms with Crippen molar-refractivity contribution in [2.75, 3.05) is 5.32 Å². The minimum Gasteiger partial charge on any atom is -0.366 e. The molecule has 3 aromatic rings. The third-order valence-electron chi connectivity index (χ3n) is 3.71. The molecule has 0 saturated carbocycles. The van der Waals surface area contributed by atoms with E-state index in [0.717, 1.165) is 16.3 Å². The monoisotopic (exact) mass is 378 g/mol. The molecule has 1 aromatic heterocycles. The third kappa shape index (κ3) is 4.92. The molecule has 7 heteroatoms. The van der Waals surface area contributed by atoms with Crippen LogP contribution in [0, 0.1) is 13.8 Å². The van der Waals surface area contributed by atoms with Gasteiger partial charge in [-0.25, -0.2) is 9.97 Å². The highest BCUT2D eigenvalue weighted by Crippen LogP contribution is 2.26. The van der Waals surface area contributed by atoms with Crippen LogP contribution in [-0.4, -0.2) is 21.8 Å². The van der Waals surface area contributed by atoms with Gasteiger partial charge in [0, 0.05) is 33.1 Å². The molecule has 1 heterocycles. The summed E-state index contributed by atoms with van der Waals surface area (Å²) in [6.45, 7) is 3.88. The summed E-state index contributed by atoms with van der Waals surface area (Å²) in [6.07, 6.45) is 0. The summed E-state index contributed by atoms with van der Waals surface area (Å²) in [6, 6.07) is 15.6. The molecule has 0 aliphatic rings. The number of hydrogen-bond donors (Lipinski definition) is 2. The Kier molecular flexibility index (Phi) is 5.52. The lowest BCUT2D eigenvalue weighted by molar-refractivity contribution is 0.0995. The Balaban J connectivity index is 1.66. The van der Waals surface area contributed by atoms with Crippen LogP contribution in [0.15, 0.2) is 64.6 Å². The first kappa shape index (κ1) is 18.6. The second-order valence-electron chi connectivity index (χ2n) is 5.96. The number of rotatable bonds is 5. The zero-order valence-corrected chi connectivity index (χ0v) is 15.7. The van der Waals surface area contributed by atoms with E-state index in [2.05, 4.69) is 15.3 Å². The number of aromatic nitrogens is 2. The lowest BCUT2D eigenvalue weighted by Crippen LogP contribution is -2.14. The highest BCUT2D eigenvalue weighted by molar-refractivity contribution is 7.99. The molecule has 6 nitrogen and oxygen atoms in total. The minimum absolute atomic E-state index is 0.260. The van der Waals surface area contributed by atoms with Gasteiger partial charge in [0.1, 0.15) is 0 Å². The van der Waals surface area contributed by atoms with Gasteiger partial charge in [0.2, 0.25) is 5.91 Å². The summed E-state index contributed by atoms with van der Waals surface area (Å²) < 4.78 is 0. The zero-order chi connectivity index (χ0) is 19.4. The van der Waals surface area contributed by atoms with Gasteiger partial charge in [0.15, 0.2) is 5.16 Å². The summed E-state index contributed by atoms with van der Waals surface area (Å²) >= 11 is 1.47. The molecule has 2 aromatic carbocycles. The standard InChI is InChI=1S/C20H18N4O2S/c1-12-11-13(2)23-20(22-12)27-17-9-7-16(8-10-17)24-19(26)15-5-3-14(4-6-15)18(21)25/h3-11H,1-2H3,(H2,21,25)(H,24,26). The largest absolute Gasteiger partial charge is 0.366 e. The molecule has 27 heavy (non-hydrogen) atoms. The number of nitrogens with one attached hydrogen (secondary N) is 1. The van der Waals surface area contributed by atoms with Crippen molar-refractivity contribution in [1.82, 2.24) is 9.97 Å². The molecule has 0 aliphatic heterocycles. The van der Waals surface area contributed by atoms with Gasteiger partial charge in [-0.1, -0.05) is 0 Å². The minimum atomic E-state index is -0.525. The lowest BCUT2D eigenvalue weighted by atomic mass is 10.1. The van der Waals surface area contributed by atoms with E-state index in [-0.39, 0.29) is 5.91 Å². The van der Waals surface area contributed by atoms with Gasteiger partial charge in [0.25, 0.3) is 5.91 Å². The number of carbonyl (C=O) groups excluding carboxylic acids is 2. The first-order valence-electron chi connectivity index (χ1n) is 8.22. The summed E-state index contributed by atoms with van der Waals surface area (Å²) in [4.78, 5) is 33.2. The van der Waals surface area contributed by atoms with Crippen LogP contribution in [0.5, 0.6) is 0 Å². The van der Waals surface area contributed by atoms with Crippen LogP contribution >= 0.6 is 11.8 Å². The number of aryl methyl sites for hydroxylation is 2. The molecule has 3 rings (SSSR count). The van der Waals surface area contributed by atoms with Crippen LogP contribution in [-0.2, 0) is 0 Å². The Morgan fingerprint density at radius 2 is 1.44 bits per heavy atom. The van der Waals surface area contributed by atoms with E-state index in [0.29, 0.717) is 22.0 Å². The second-order valence-corrected chi connectivity index (χ2v) is 7.00. The normalized spacial score (nSPS) is 10.4. The summed E-state index contributed by atoms with van der Waals surface area (Å²) in [5, 5.41) is 3.51. The molecule has 0 aliphatic carbocycles. The van der Waals surface area contributed by atoms with Crippen molar-refractivity contribution in [2.45, 2.75) is 23.9 Å². The van der Waals surface area contributed by atoms with Crippen molar-refractivity contribution < 1.29 is 9.59 Å². The highest BCUT2D eigenvalue weighted by Gasteiger charge is 2.08. The number of nitrogens with two attached hydrogens (primary N) is 1. The predicted octanol–water partition coefficient (Wildman–Crippen LogP) is 3.60. The maximum atomic E-state index is 12.3. The van der Waals surface area contributed by atoms with Gasteiger partial charge in [-0.3, -0.25) is 9.59 Å². The summed E-state index contributed by atoms with van der Waals surface area (Å²) in [7, 11) is 0. The zero-order valence-electron chi connectivity index (χ0n) is 14.9. The first-order chi connectivity index (χ1) is 12.9. The number of primary amides is 1. The Hall–Kier alpha value is -3.19. The fourth-order valence-electron chi connectivity index (χ4n) is 2.44. The Morgan fingerprint density at radius 1 is 0.889 bits per heavy atom. The number of carbonyl (C=O) groups is 2. The van der Waals surface area contributed by atoms with Crippen molar-refractivity contribution in [3.8, 4) is 0 Å². The number of amides is 2. The molecule has 0 fully saturated rings. The number of hydrogen-bond acceptors (Lipinski definition) is 5. The molecule has 0 spiro atoms. The quantitative estimate of drug-likeness (QED) is 0.661. The average molecular weight is 378 g/mol. The molecule has 0 radical (unpaired) electrons. The molecule has 0 bridgehead atoms. The first-order valence-corrected chi connectivity index (χ1v) is 9.04. The number of benzene rings is 2. The van der Waals surface area contributed by atoms with Crippen molar-refractivity contribution >= 4 is 29.3 Å². The summed E-state index contributed by atoms with van der Waals surface area (Å²) in [5.74, 6) is -0.785. The van der Waals surface area contributed by atoms with Crippen molar-refractivity contribution in [1.29, 1.82) is 0 Å². The molecule has 3 N–H and O–H groups in total. The lowest BCUT2D eigenvalue weighted by Gasteiger charge is -2.07. The number of anilines is 1. The van der Waals surface area contributed by atoms with E-state index in [1.807, 2.05) is 44.2 Å². The number of nitrogens with zero attached hydrogens (tertiary/aromatic N) is 2. The van der Waals surface area contributed by atoms with Crippen LogP contribution in [0.2, 0.25) is 0 Å². The predicted molar refractivity (Wildman–Crippen MR) is 105 cm³/mol. The van der Waals surface area contributed by atoms with Crippen LogP contribution in [0.3, 0.4) is 0 Å². The fraction of sp³-hybridized carbons (Fsp3) is 0.100. The molecule has 136 valence electrons. The molecule has 0 saturated heterocycles. The van der Waals surface area contributed by atoms with E-state index in [4.69, 9.17) is 5.73 Å². The Bertz CT molecular complexity index is 966. The van der Waals surface area contributed by atoms with Crippen LogP contribution in [0.1, 0.15) is 32.1 Å². The van der Waals surface area contributed by atoms with Crippen molar-refractivity contribution in [3.05, 3.63) is 77.1 Å². The molecular weight excluding hydrogens is 360 g/mol. The molecule has 2 amide bonds. The van der Waals surface area contributed by atoms with Crippen LogP contribution < -0.4 is 11.1 Å². The van der Waals surface area contributed by atoms with E-state index < -0.39 is 5.91 Å². The van der Waals surface area contributed by atoms with Gasteiger partial charge in [-0.2, -0.15) is 0 Å². The summed E-state index contributed by atoms with van der Waals surface area (Å²) in [5.41, 5.74) is 8.53. The van der Waals surface area contributed by atoms with E-state index in [9.17, 15) is 9.59 Å². The van der Waals surface area contributed by atoms with Crippen molar-refractivity contribution in [2.24, 2.45) is 5.73 Å². The molecule has 0 unspecified atom stereocenters. The van der Waals surface area contributed by atoms with Gasteiger partial charge >= 0.3 is 0 Å². The second kappa shape index (κ2) is 8.01. The van der Waals surface area contributed by atoms with Gasteiger partial charge in [-0.05, 0) is 80.2 Å². The Morgan fingerprint density at radius 3 is 2.00 bits per heavy atom. The SMILES string of the molecule is Cc1cc(C)nc(Sc2ccc(NC(=O)c3ccc(C(N)=O)cc3)cc2)n1. The average Bonchev–Trinajstić information content (AvgIpc) is 2.62. The highest BCUT2D eigenvalue weighted by atomic mass is 32.2.